The van der Waals surface area contributed by atoms with Gasteiger partial charge in [-0.15, -0.1) is 11.3 Å². The highest BCUT2D eigenvalue weighted by Crippen LogP contribution is 2.20. The second-order valence-electron chi connectivity index (χ2n) is 4.61. The van der Waals surface area contributed by atoms with Gasteiger partial charge in [-0.25, -0.2) is 9.78 Å². The first-order valence-corrected chi connectivity index (χ1v) is 7.20. The Kier molecular flexibility index (Phi) is 4.54. The van der Waals surface area contributed by atoms with Crippen LogP contribution in [0.15, 0.2) is 24.3 Å². The normalized spacial score (nSPS) is 10.0. The number of urea groups is 1. The average Bonchev–Trinajstić information content (AvgIpc) is 2.67. The molecule has 110 valence electrons. The fourth-order valence-corrected chi connectivity index (χ4v) is 2.48. The Balaban J connectivity index is 1.89. The molecular weight excluding hydrogens is 286 g/mol. The zero-order valence-electron chi connectivity index (χ0n) is 12.1. The number of amides is 2. The second kappa shape index (κ2) is 6.36. The molecule has 0 radical (unpaired) electrons. The molecular formula is C14H17N5OS. The number of carbonyl (C=O) groups excluding carboxylic acids is 1. The Morgan fingerprint density at radius 3 is 2.62 bits per heavy atom. The van der Waals surface area contributed by atoms with Crippen LogP contribution in [0.2, 0.25) is 0 Å². The zero-order chi connectivity index (χ0) is 15.4. The number of thiazole rings is 1. The minimum absolute atomic E-state index is 0.117. The van der Waals surface area contributed by atoms with Crippen molar-refractivity contribution < 1.29 is 4.79 Å². The topological polar surface area (TPSA) is 89.9 Å². The number of nitrogens with zero attached hydrogens (tertiary/aromatic N) is 1. The summed E-state index contributed by atoms with van der Waals surface area (Å²) in [5, 5.41) is 16.1. The van der Waals surface area contributed by atoms with E-state index >= 15 is 0 Å². The largest absolute Gasteiger partial charge is 0.325 e. The fraction of sp³-hybridized carbons (Fsp3) is 0.214. The molecule has 2 aromatic rings. The van der Waals surface area contributed by atoms with Crippen molar-refractivity contribution in [2.24, 2.45) is 0 Å². The Bertz CT molecular complexity index is 660. The molecule has 1 heterocycles. The predicted octanol–water partition coefficient (Wildman–Crippen LogP) is 3.24. The third kappa shape index (κ3) is 4.28. The molecule has 1 aromatic heterocycles. The van der Waals surface area contributed by atoms with E-state index in [1.54, 1.807) is 6.07 Å². The van der Waals surface area contributed by atoms with Crippen molar-refractivity contribution in [1.82, 2.24) is 10.3 Å². The monoisotopic (exact) mass is 303 g/mol. The summed E-state index contributed by atoms with van der Waals surface area (Å²) in [7, 11) is 0. The van der Waals surface area contributed by atoms with Gasteiger partial charge in [0.1, 0.15) is 0 Å². The molecule has 0 bridgehead atoms. The molecule has 4 N–H and O–H groups in total. The first kappa shape index (κ1) is 15.0. The van der Waals surface area contributed by atoms with Gasteiger partial charge in [0.25, 0.3) is 0 Å². The number of anilines is 2. The fourth-order valence-electron chi connectivity index (χ4n) is 1.66. The molecule has 0 aliphatic heterocycles. The minimum atomic E-state index is -0.469. The van der Waals surface area contributed by atoms with Crippen LogP contribution in [0.5, 0.6) is 0 Å². The van der Waals surface area contributed by atoms with Gasteiger partial charge in [-0.3, -0.25) is 10.7 Å². The lowest BCUT2D eigenvalue weighted by molar-refractivity contribution is 0.256. The quantitative estimate of drug-likeness (QED) is 0.507. The van der Waals surface area contributed by atoms with Crippen molar-refractivity contribution in [3.8, 4) is 0 Å². The summed E-state index contributed by atoms with van der Waals surface area (Å²) in [6, 6.07) is 6.97. The molecule has 2 rings (SSSR count). The van der Waals surface area contributed by atoms with Gasteiger partial charge in [-0.1, -0.05) is 12.1 Å². The number of carbonyl (C=O) groups is 1. The van der Waals surface area contributed by atoms with Gasteiger partial charge in [0.05, 0.1) is 5.69 Å². The molecule has 21 heavy (non-hydrogen) atoms. The number of aryl methyl sites for hydroxylation is 3. The molecule has 0 spiro atoms. The molecule has 0 aliphatic rings. The van der Waals surface area contributed by atoms with Gasteiger partial charge in [0.15, 0.2) is 5.13 Å². The van der Waals surface area contributed by atoms with Gasteiger partial charge in [-0.05, 0) is 38.5 Å². The lowest BCUT2D eigenvalue weighted by Crippen LogP contribution is -2.38. The number of benzene rings is 1. The highest BCUT2D eigenvalue weighted by molar-refractivity contribution is 7.15. The standard InChI is InChI=1S/C14H17N5OS/c1-8-5-4-6-11(7-8)17-13(20)18-12(15)19-14-16-9(2)10(3)21-14/h4-7H,1-3H3,(H4,15,16,17,18,19,20). The molecule has 2 amide bonds. The molecule has 0 fully saturated rings. The minimum Gasteiger partial charge on any atom is -0.308 e. The van der Waals surface area contributed by atoms with Crippen LogP contribution < -0.4 is 16.0 Å². The molecule has 1 aromatic carbocycles. The van der Waals surface area contributed by atoms with Crippen LogP contribution in [0.3, 0.4) is 0 Å². The first-order chi connectivity index (χ1) is 9.94. The molecule has 0 aliphatic carbocycles. The van der Waals surface area contributed by atoms with E-state index in [0.29, 0.717) is 10.8 Å². The van der Waals surface area contributed by atoms with Gasteiger partial charge in [0, 0.05) is 10.6 Å². The van der Waals surface area contributed by atoms with Crippen molar-refractivity contribution >= 4 is 34.1 Å². The highest BCUT2D eigenvalue weighted by atomic mass is 32.1. The average molecular weight is 303 g/mol. The number of hydrogen-bond acceptors (Lipinski definition) is 4. The lowest BCUT2D eigenvalue weighted by atomic mass is 10.2. The summed E-state index contributed by atoms with van der Waals surface area (Å²) >= 11 is 1.44. The van der Waals surface area contributed by atoms with E-state index in [9.17, 15) is 4.79 Å². The zero-order valence-corrected chi connectivity index (χ0v) is 12.9. The van der Waals surface area contributed by atoms with Crippen molar-refractivity contribution in [3.05, 3.63) is 40.4 Å². The van der Waals surface area contributed by atoms with Crippen LogP contribution in [0.1, 0.15) is 16.1 Å². The smallest absolute Gasteiger partial charge is 0.308 e. The van der Waals surface area contributed by atoms with Crippen molar-refractivity contribution in [3.63, 3.8) is 0 Å². The van der Waals surface area contributed by atoms with E-state index < -0.39 is 6.03 Å². The van der Waals surface area contributed by atoms with Gasteiger partial charge in [-0.2, -0.15) is 0 Å². The number of aromatic nitrogens is 1. The van der Waals surface area contributed by atoms with E-state index in [4.69, 9.17) is 5.41 Å². The summed E-state index contributed by atoms with van der Waals surface area (Å²) in [5.41, 5.74) is 2.65. The SMILES string of the molecule is Cc1cccc(NC(=O)NC(=N)Nc2nc(C)c(C)s2)c1. The summed E-state index contributed by atoms with van der Waals surface area (Å²) in [4.78, 5) is 17.1. The lowest BCUT2D eigenvalue weighted by Gasteiger charge is -2.09. The predicted molar refractivity (Wildman–Crippen MR) is 86.3 cm³/mol. The van der Waals surface area contributed by atoms with Crippen LogP contribution in [0.4, 0.5) is 15.6 Å². The van der Waals surface area contributed by atoms with E-state index in [1.165, 1.54) is 11.3 Å². The van der Waals surface area contributed by atoms with Gasteiger partial charge in [0.2, 0.25) is 5.96 Å². The third-order valence-corrected chi connectivity index (χ3v) is 3.76. The van der Waals surface area contributed by atoms with Crippen molar-refractivity contribution in [2.45, 2.75) is 20.8 Å². The highest BCUT2D eigenvalue weighted by Gasteiger charge is 2.08. The molecule has 0 unspecified atom stereocenters. The molecule has 7 heteroatoms. The second-order valence-corrected chi connectivity index (χ2v) is 5.81. The van der Waals surface area contributed by atoms with Crippen LogP contribution in [-0.2, 0) is 0 Å². The van der Waals surface area contributed by atoms with Crippen molar-refractivity contribution in [2.75, 3.05) is 10.6 Å². The Morgan fingerprint density at radius 1 is 1.24 bits per heavy atom. The number of hydrogen-bond donors (Lipinski definition) is 4. The van der Waals surface area contributed by atoms with Crippen LogP contribution in [0.25, 0.3) is 0 Å². The molecule has 0 saturated heterocycles. The first-order valence-electron chi connectivity index (χ1n) is 6.38. The number of nitrogens with one attached hydrogen (secondary N) is 4. The number of guanidine groups is 1. The molecule has 0 saturated carbocycles. The van der Waals surface area contributed by atoms with E-state index in [-0.39, 0.29) is 5.96 Å². The van der Waals surface area contributed by atoms with Crippen molar-refractivity contribution in [1.29, 1.82) is 5.41 Å². The van der Waals surface area contributed by atoms with E-state index in [0.717, 1.165) is 16.1 Å². The van der Waals surface area contributed by atoms with Gasteiger partial charge >= 0.3 is 6.03 Å². The molecule has 0 atom stereocenters. The third-order valence-electron chi connectivity index (χ3n) is 2.77. The maximum atomic E-state index is 11.8. The Morgan fingerprint density at radius 2 is 2.00 bits per heavy atom. The Hall–Kier alpha value is -2.41. The van der Waals surface area contributed by atoms with E-state index in [2.05, 4.69) is 20.9 Å². The number of rotatable bonds is 2. The summed E-state index contributed by atoms with van der Waals surface area (Å²) in [6.07, 6.45) is 0. The summed E-state index contributed by atoms with van der Waals surface area (Å²) < 4.78 is 0. The molecule has 6 nitrogen and oxygen atoms in total. The van der Waals surface area contributed by atoms with Gasteiger partial charge < -0.3 is 10.6 Å². The summed E-state index contributed by atoms with van der Waals surface area (Å²) in [5.74, 6) is -0.117. The maximum absolute atomic E-state index is 11.8. The van der Waals surface area contributed by atoms with Crippen LogP contribution in [0, 0.1) is 26.2 Å². The van der Waals surface area contributed by atoms with Crippen LogP contribution in [-0.4, -0.2) is 17.0 Å². The maximum Gasteiger partial charge on any atom is 0.325 e. The Labute approximate surface area is 127 Å². The van der Waals surface area contributed by atoms with E-state index in [1.807, 2.05) is 39.0 Å². The van der Waals surface area contributed by atoms with Crippen LogP contribution >= 0.6 is 11.3 Å². The summed E-state index contributed by atoms with van der Waals surface area (Å²) in [6.45, 7) is 5.80.